The van der Waals surface area contributed by atoms with E-state index in [0.717, 1.165) is 31.0 Å². The van der Waals surface area contributed by atoms with E-state index in [1.54, 1.807) is 0 Å². The Morgan fingerprint density at radius 2 is 1.78 bits per heavy atom. The monoisotopic (exact) mass is 254 g/mol. The molecule has 0 bridgehead atoms. The summed E-state index contributed by atoms with van der Waals surface area (Å²) in [6.45, 7) is 2.24. The van der Waals surface area contributed by atoms with E-state index in [9.17, 15) is 13.6 Å². The van der Waals surface area contributed by atoms with E-state index >= 15 is 0 Å². The molecule has 0 saturated heterocycles. The van der Waals surface area contributed by atoms with Crippen LogP contribution in [0.25, 0.3) is 0 Å². The molecular weight excluding hydrogens is 238 g/mol. The largest absolute Gasteiger partial charge is 0.367 e. The normalized spacial score (nSPS) is 17.9. The maximum atomic E-state index is 13.2. The van der Waals surface area contributed by atoms with Crippen molar-refractivity contribution in [1.82, 2.24) is 0 Å². The maximum absolute atomic E-state index is 13.2. The number of hydrogen-bond acceptors (Lipinski definition) is 2. The van der Waals surface area contributed by atoms with Crippen LogP contribution in [0, 0.1) is 11.6 Å². The van der Waals surface area contributed by atoms with E-state index in [1.165, 1.54) is 0 Å². The standard InChI is InChI=1S/C14H16F2O2/c1-2-18-14(5-3-4-6-14)13(17)10-7-11(15)9-12(16)8-10/h7-9H,2-6H2,1H3. The minimum atomic E-state index is -0.880. The van der Waals surface area contributed by atoms with Crippen molar-refractivity contribution >= 4 is 5.78 Å². The molecule has 1 aromatic rings. The molecule has 4 heteroatoms. The van der Waals surface area contributed by atoms with Gasteiger partial charge in [0, 0.05) is 18.2 Å². The summed E-state index contributed by atoms with van der Waals surface area (Å²) in [5.41, 5.74) is -0.822. The van der Waals surface area contributed by atoms with Gasteiger partial charge in [0.1, 0.15) is 17.2 Å². The molecule has 0 unspecified atom stereocenters. The minimum Gasteiger partial charge on any atom is -0.367 e. The molecule has 0 heterocycles. The zero-order valence-electron chi connectivity index (χ0n) is 10.3. The van der Waals surface area contributed by atoms with Crippen molar-refractivity contribution < 1.29 is 18.3 Å². The van der Waals surface area contributed by atoms with Gasteiger partial charge in [-0.2, -0.15) is 0 Å². The molecule has 2 nitrogen and oxygen atoms in total. The lowest BCUT2D eigenvalue weighted by Gasteiger charge is -2.27. The van der Waals surface area contributed by atoms with E-state index in [-0.39, 0.29) is 11.3 Å². The van der Waals surface area contributed by atoms with Crippen molar-refractivity contribution in [2.75, 3.05) is 6.61 Å². The number of benzene rings is 1. The number of halogens is 2. The van der Waals surface area contributed by atoms with Gasteiger partial charge in [-0.05, 0) is 44.7 Å². The van der Waals surface area contributed by atoms with Gasteiger partial charge in [0.15, 0.2) is 5.78 Å². The van der Waals surface area contributed by atoms with Gasteiger partial charge in [0.2, 0.25) is 0 Å². The summed E-state index contributed by atoms with van der Waals surface area (Å²) in [4.78, 5) is 12.4. The van der Waals surface area contributed by atoms with E-state index < -0.39 is 17.2 Å². The molecule has 0 atom stereocenters. The Balaban J connectivity index is 2.33. The Morgan fingerprint density at radius 3 is 2.28 bits per heavy atom. The Morgan fingerprint density at radius 1 is 1.22 bits per heavy atom. The Hall–Kier alpha value is -1.29. The predicted molar refractivity (Wildman–Crippen MR) is 63.5 cm³/mol. The summed E-state index contributed by atoms with van der Waals surface area (Å²) in [6.07, 6.45) is 3.06. The molecule has 1 fully saturated rings. The Labute approximate surface area is 105 Å². The summed E-state index contributed by atoms with van der Waals surface area (Å²) in [5.74, 6) is -1.77. The predicted octanol–water partition coefficient (Wildman–Crippen LogP) is 3.50. The highest BCUT2D eigenvalue weighted by atomic mass is 19.1. The maximum Gasteiger partial charge on any atom is 0.194 e. The Bertz CT molecular complexity index is 431. The molecule has 1 aliphatic carbocycles. The third-order valence-corrected chi connectivity index (χ3v) is 3.37. The highest BCUT2D eigenvalue weighted by molar-refractivity contribution is 6.02. The smallest absolute Gasteiger partial charge is 0.194 e. The van der Waals surface area contributed by atoms with E-state index in [1.807, 2.05) is 6.92 Å². The first kappa shape index (κ1) is 13.1. The van der Waals surface area contributed by atoms with Gasteiger partial charge in [0.25, 0.3) is 0 Å². The van der Waals surface area contributed by atoms with Crippen LogP contribution in [0.5, 0.6) is 0 Å². The number of carbonyl (C=O) groups is 1. The fraction of sp³-hybridized carbons (Fsp3) is 0.500. The summed E-state index contributed by atoms with van der Waals surface area (Å²) in [6, 6.07) is 2.91. The quantitative estimate of drug-likeness (QED) is 0.769. The summed E-state index contributed by atoms with van der Waals surface area (Å²) in [5, 5.41) is 0. The molecule has 1 aromatic carbocycles. The molecule has 0 spiro atoms. The van der Waals surface area contributed by atoms with E-state index in [4.69, 9.17) is 4.74 Å². The fourth-order valence-corrected chi connectivity index (χ4v) is 2.61. The molecule has 1 aliphatic rings. The summed E-state index contributed by atoms with van der Waals surface area (Å²) < 4.78 is 31.9. The van der Waals surface area contributed by atoms with Crippen molar-refractivity contribution in [2.24, 2.45) is 0 Å². The third-order valence-electron chi connectivity index (χ3n) is 3.37. The van der Waals surface area contributed by atoms with Gasteiger partial charge in [-0.3, -0.25) is 4.79 Å². The van der Waals surface area contributed by atoms with E-state index in [2.05, 4.69) is 0 Å². The minimum absolute atomic E-state index is 0.0582. The lowest BCUT2D eigenvalue weighted by molar-refractivity contribution is -0.0164. The lowest BCUT2D eigenvalue weighted by Crippen LogP contribution is -2.39. The van der Waals surface area contributed by atoms with Crippen molar-refractivity contribution in [3.05, 3.63) is 35.4 Å². The zero-order valence-corrected chi connectivity index (χ0v) is 10.3. The molecule has 0 N–H and O–H groups in total. The second-order valence-corrected chi connectivity index (χ2v) is 4.62. The molecule has 0 aliphatic heterocycles. The lowest BCUT2D eigenvalue weighted by atomic mass is 9.91. The first-order chi connectivity index (χ1) is 8.57. The number of ether oxygens (including phenoxy) is 1. The molecule has 1 saturated carbocycles. The van der Waals surface area contributed by atoms with Crippen LogP contribution in [0.2, 0.25) is 0 Å². The van der Waals surface area contributed by atoms with Gasteiger partial charge >= 0.3 is 0 Å². The first-order valence-corrected chi connectivity index (χ1v) is 6.22. The second kappa shape index (κ2) is 5.14. The third kappa shape index (κ3) is 2.43. The first-order valence-electron chi connectivity index (χ1n) is 6.22. The van der Waals surface area contributed by atoms with Gasteiger partial charge in [0.05, 0.1) is 0 Å². The number of ketones is 1. The van der Waals surface area contributed by atoms with Gasteiger partial charge < -0.3 is 4.74 Å². The average Bonchev–Trinajstić information content (AvgIpc) is 2.77. The molecule has 0 radical (unpaired) electrons. The average molecular weight is 254 g/mol. The van der Waals surface area contributed by atoms with Crippen LogP contribution in [0.1, 0.15) is 43.0 Å². The van der Waals surface area contributed by atoms with Crippen LogP contribution in [0.4, 0.5) is 8.78 Å². The van der Waals surface area contributed by atoms with Crippen LogP contribution in [0.15, 0.2) is 18.2 Å². The number of hydrogen-bond donors (Lipinski definition) is 0. The van der Waals surface area contributed by atoms with Crippen LogP contribution < -0.4 is 0 Å². The highest BCUT2D eigenvalue weighted by Crippen LogP contribution is 2.36. The molecular formula is C14H16F2O2. The summed E-state index contributed by atoms with van der Waals surface area (Å²) in [7, 11) is 0. The number of Topliss-reactive ketones (excluding diaryl/α,β-unsaturated/α-hetero) is 1. The molecule has 0 amide bonds. The van der Waals surface area contributed by atoms with Crippen molar-refractivity contribution in [1.29, 1.82) is 0 Å². The van der Waals surface area contributed by atoms with E-state index in [0.29, 0.717) is 19.4 Å². The number of carbonyl (C=O) groups excluding carboxylic acids is 1. The fourth-order valence-electron chi connectivity index (χ4n) is 2.61. The van der Waals surface area contributed by atoms with Gasteiger partial charge in [-0.25, -0.2) is 8.78 Å². The van der Waals surface area contributed by atoms with Crippen LogP contribution >= 0.6 is 0 Å². The van der Waals surface area contributed by atoms with Gasteiger partial charge in [-0.1, -0.05) is 0 Å². The molecule has 18 heavy (non-hydrogen) atoms. The van der Waals surface area contributed by atoms with Crippen LogP contribution in [-0.4, -0.2) is 18.0 Å². The van der Waals surface area contributed by atoms with Crippen molar-refractivity contribution in [3.8, 4) is 0 Å². The van der Waals surface area contributed by atoms with Crippen molar-refractivity contribution in [3.63, 3.8) is 0 Å². The topological polar surface area (TPSA) is 26.3 Å². The Kier molecular flexibility index (Phi) is 3.76. The molecule has 2 rings (SSSR count). The highest BCUT2D eigenvalue weighted by Gasteiger charge is 2.42. The van der Waals surface area contributed by atoms with Crippen molar-refractivity contribution in [2.45, 2.75) is 38.2 Å². The van der Waals surface area contributed by atoms with Crippen LogP contribution in [-0.2, 0) is 4.74 Å². The molecule has 0 aromatic heterocycles. The summed E-state index contributed by atoms with van der Waals surface area (Å²) >= 11 is 0. The zero-order chi connectivity index (χ0) is 13.2. The van der Waals surface area contributed by atoms with Crippen LogP contribution in [0.3, 0.4) is 0 Å². The molecule has 98 valence electrons. The second-order valence-electron chi connectivity index (χ2n) is 4.62. The number of rotatable bonds is 4. The van der Waals surface area contributed by atoms with Gasteiger partial charge in [-0.15, -0.1) is 0 Å². The SMILES string of the molecule is CCOC1(C(=O)c2cc(F)cc(F)c2)CCCC1.